The molecule has 0 saturated carbocycles. The summed E-state index contributed by atoms with van der Waals surface area (Å²) in [5.74, 6) is -0.250. The van der Waals surface area contributed by atoms with Gasteiger partial charge in [-0.2, -0.15) is 0 Å². The number of amides is 3. The van der Waals surface area contributed by atoms with E-state index in [1.54, 1.807) is 19.0 Å². The zero-order chi connectivity index (χ0) is 15.0. The summed E-state index contributed by atoms with van der Waals surface area (Å²) < 4.78 is 0.602. The number of nitrogens with one attached hydrogen (secondary N) is 2. The van der Waals surface area contributed by atoms with Crippen LogP contribution in [0.2, 0.25) is 0 Å². The summed E-state index contributed by atoms with van der Waals surface area (Å²) in [5.41, 5.74) is 0.971. The third-order valence-electron chi connectivity index (χ3n) is 2.24. The zero-order valence-corrected chi connectivity index (χ0v) is 13.0. The van der Waals surface area contributed by atoms with Crippen molar-refractivity contribution in [2.75, 3.05) is 19.8 Å². The van der Waals surface area contributed by atoms with E-state index < -0.39 is 6.03 Å². The molecule has 1 aromatic rings. The van der Waals surface area contributed by atoms with Crippen LogP contribution in [0.3, 0.4) is 0 Å². The normalized spacial score (nSPS) is 9.70. The Balaban J connectivity index is 2.25. The minimum absolute atomic E-state index is 0.121. The van der Waals surface area contributed by atoms with Gasteiger partial charge < -0.3 is 10.2 Å². The first-order chi connectivity index (χ1) is 9.49. The van der Waals surface area contributed by atoms with Crippen molar-refractivity contribution in [3.8, 4) is 0 Å². The van der Waals surface area contributed by atoms with Crippen LogP contribution >= 0.6 is 24.0 Å². The van der Waals surface area contributed by atoms with E-state index in [1.165, 1.54) is 11.8 Å². The van der Waals surface area contributed by atoms with Gasteiger partial charge in [0.15, 0.2) is 0 Å². The van der Waals surface area contributed by atoms with Gasteiger partial charge in [0, 0.05) is 20.6 Å². The second-order valence-electron chi connectivity index (χ2n) is 4.17. The molecule has 0 spiro atoms. The Morgan fingerprint density at radius 2 is 1.90 bits per heavy atom. The summed E-state index contributed by atoms with van der Waals surface area (Å²) in [5, 5.41) is 4.87. The van der Waals surface area contributed by atoms with Crippen LogP contribution in [-0.2, 0) is 11.3 Å². The van der Waals surface area contributed by atoms with Crippen molar-refractivity contribution in [3.63, 3.8) is 0 Å². The van der Waals surface area contributed by atoms with Gasteiger partial charge in [0.1, 0.15) is 4.32 Å². The highest BCUT2D eigenvalue weighted by atomic mass is 32.2. The maximum Gasteiger partial charge on any atom is 0.321 e. The lowest BCUT2D eigenvalue weighted by Crippen LogP contribution is -2.40. The molecule has 0 radical (unpaired) electrons. The molecule has 0 aliphatic carbocycles. The molecule has 0 saturated heterocycles. The van der Waals surface area contributed by atoms with Crippen LogP contribution in [0.1, 0.15) is 5.56 Å². The summed E-state index contributed by atoms with van der Waals surface area (Å²) in [6.45, 7) is 0.378. The maximum absolute atomic E-state index is 11.5. The summed E-state index contributed by atoms with van der Waals surface area (Å²) in [7, 11) is 3.61. The fourth-order valence-electron chi connectivity index (χ4n) is 1.24. The molecule has 2 N–H and O–H groups in total. The summed E-state index contributed by atoms with van der Waals surface area (Å²) in [6.07, 6.45) is 0. The smallest absolute Gasteiger partial charge is 0.321 e. The third kappa shape index (κ3) is 6.53. The molecule has 0 heterocycles. The van der Waals surface area contributed by atoms with Crippen molar-refractivity contribution in [1.82, 2.24) is 15.5 Å². The second-order valence-corrected chi connectivity index (χ2v) is 5.77. The van der Waals surface area contributed by atoms with E-state index in [0.29, 0.717) is 10.9 Å². The number of thioether (sulfide) groups is 1. The lowest BCUT2D eigenvalue weighted by atomic mass is 10.2. The number of nitrogens with zero attached hydrogens (tertiary/aromatic N) is 1. The summed E-state index contributed by atoms with van der Waals surface area (Å²) in [6, 6.07) is 8.96. The molecule has 0 fully saturated rings. The van der Waals surface area contributed by atoms with E-state index in [9.17, 15) is 9.59 Å². The molecule has 3 amide bonds. The molecule has 20 heavy (non-hydrogen) atoms. The van der Waals surface area contributed by atoms with Gasteiger partial charge in [0.2, 0.25) is 5.91 Å². The van der Waals surface area contributed by atoms with Crippen molar-refractivity contribution in [2.24, 2.45) is 0 Å². The molecule has 0 unspecified atom stereocenters. The van der Waals surface area contributed by atoms with Gasteiger partial charge in [0.25, 0.3) is 0 Å². The zero-order valence-electron chi connectivity index (χ0n) is 11.4. The quantitative estimate of drug-likeness (QED) is 0.827. The largest absolute Gasteiger partial charge is 0.364 e. The van der Waals surface area contributed by atoms with Crippen LogP contribution < -0.4 is 10.6 Å². The molecule has 5 nitrogen and oxygen atoms in total. The number of thiocarbonyl (C=S) groups is 1. The van der Waals surface area contributed by atoms with Gasteiger partial charge in [-0.25, -0.2) is 4.79 Å². The van der Waals surface area contributed by atoms with Crippen LogP contribution in [0, 0.1) is 0 Å². The first kappa shape index (κ1) is 16.5. The van der Waals surface area contributed by atoms with E-state index >= 15 is 0 Å². The third-order valence-corrected chi connectivity index (χ3v) is 3.98. The van der Waals surface area contributed by atoms with E-state index in [0.717, 1.165) is 5.56 Å². The number of hydrogen-bond donors (Lipinski definition) is 2. The lowest BCUT2D eigenvalue weighted by molar-refractivity contribution is -0.117. The van der Waals surface area contributed by atoms with Gasteiger partial charge >= 0.3 is 6.03 Å². The maximum atomic E-state index is 11.5. The molecule has 0 aromatic heterocycles. The Hall–Kier alpha value is -1.60. The highest BCUT2D eigenvalue weighted by Crippen LogP contribution is 2.05. The van der Waals surface area contributed by atoms with Gasteiger partial charge in [0.05, 0.1) is 5.75 Å². The van der Waals surface area contributed by atoms with Crippen molar-refractivity contribution in [2.45, 2.75) is 6.54 Å². The van der Waals surface area contributed by atoms with Crippen LogP contribution in [-0.4, -0.2) is 41.0 Å². The number of carbonyl (C=O) groups excluding carboxylic acids is 2. The lowest BCUT2D eigenvalue weighted by Gasteiger charge is -2.12. The SMILES string of the molecule is CN(C)C(=S)SCC(=O)NC(=O)NCc1ccccc1. The predicted octanol–water partition coefficient (Wildman–Crippen LogP) is 1.59. The van der Waals surface area contributed by atoms with Crippen LogP contribution in [0.15, 0.2) is 30.3 Å². The Morgan fingerprint density at radius 1 is 1.25 bits per heavy atom. The summed E-state index contributed by atoms with van der Waals surface area (Å²) >= 11 is 6.25. The van der Waals surface area contributed by atoms with E-state index in [1.807, 2.05) is 30.3 Å². The average Bonchev–Trinajstić information content (AvgIpc) is 2.43. The monoisotopic (exact) mass is 311 g/mol. The van der Waals surface area contributed by atoms with Gasteiger partial charge in [-0.05, 0) is 5.56 Å². The Kier molecular flexibility index (Phi) is 7.03. The van der Waals surface area contributed by atoms with Crippen molar-refractivity contribution < 1.29 is 9.59 Å². The molecule has 0 bridgehead atoms. The fraction of sp³-hybridized carbons (Fsp3) is 0.308. The number of rotatable bonds is 4. The molecule has 0 aliphatic heterocycles. The summed E-state index contributed by atoms with van der Waals surface area (Å²) in [4.78, 5) is 24.8. The van der Waals surface area contributed by atoms with Gasteiger partial charge in [-0.15, -0.1) is 0 Å². The highest BCUT2D eigenvalue weighted by Gasteiger charge is 2.09. The molecule has 1 aromatic carbocycles. The Bertz CT molecular complexity index is 478. The molecule has 108 valence electrons. The topological polar surface area (TPSA) is 61.4 Å². The average molecular weight is 311 g/mol. The Morgan fingerprint density at radius 3 is 2.50 bits per heavy atom. The molecule has 0 atom stereocenters. The first-order valence-corrected chi connectivity index (χ1v) is 7.34. The number of urea groups is 1. The van der Waals surface area contributed by atoms with Crippen LogP contribution in [0.5, 0.6) is 0 Å². The van der Waals surface area contributed by atoms with E-state index in [4.69, 9.17) is 12.2 Å². The van der Waals surface area contributed by atoms with Crippen LogP contribution in [0.25, 0.3) is 0 Å². The Labute approximate surface area is 128 Å². The van der Waals surface area contributed by atoms with E-state index in [2.05, 4.69) is 10.6 Å². The minimum atomic E-state index is -0.504. The van der Waals surface area contributed by atoms with E-state index in [-0.39, 0.29) is 11.7 Å². The predicted molar refractivity (Wildman–Crippen MR) is 85.6 cm³/mol. The molecule has 1 rings (SSSR count). The molecule has 7 heteroatoms. The molecular formula is C13H17N3O2S2. The van der Waals surface area contributed by atoms with Crippen molar-refractivity contribution in [1.29, 1.82) is 0 Å². The number of hydrogen-bond acceptors (Lipinski definition) is 4. The molecule has 0 aliphatic rings. The number of carbonyl (C=O) groups is 2. The fourth-order valence-corrected chi connectivity index (χ4v) is 2.00. The van der Waals surface area contributed by atoms with Gasteiger partial charge in [-0.1, -0.05) is 54.3 Å². The minimum Gasteiger partial charge on any atom is -0.364 e. The van der Waals surface area contributed by atoms with Crippen molar-refractivity contribution >= 4 is 40.2 Å². The number of benzene rings is 1. The number of imide groups is 1. The second kappa shape index (κ2) is 8.55. The first-order valence-electron chi connectivity index (χ1n) is 5.94. The molecular weight excluding hydrogens is 294 g/mol. The van der Waals surface area contributed by atoms with Gasteiger partial charge in [-0.3, -0.25) is 10.1 Å². The standard InChI is InChI=1S/C13H17N3O2S2/c1-16(2)13(19)20-9-11(17)15-12(18)14-8-10-6-4-3-5-7-10/h3-7H,8-9H2,1-2H3,(H2,14,15,17,18). The van der Waals surface area contributed by atoms with Crippen molar-refractivity contribution in [3.05, 3.63) is 35.9 Å². The van der Waals surface area contributed by atoms with Crippen LogP contribution in [0.4, 0.5) is 4.79 Å². The highest BCUT2D eigenvalue weighted by molar-refractivity contribution is 8.23.